The third-order valence-electron chi connectivity index (χ3n) is 3.82. The Morgan fingerprint density at radius 1 is 0.958 bits per heavy atom. The summed E-state index contributed by atoms with van der Waals surface area (Å²) in [5.41, 5.74) is 0.454. The zero-order chi connectivity index (χ0) is 17.5. The predicted molar refractivity (Wildman–Crippen MR) is 90.7 cm³/mol. The van der Waals surface area contributed by atoms with Gasteiger partial charge in [-0.25, -0.2) is 4.79 Å². The maximum absolute atomic E-state index is 12.1. The first-order chi connectivity index (χ1) is 11.5. The van der Waals surface area contributed by atoms with E-state index in [9.17, 15) is 20.1 Å². The van der Waals surface area contributed by atoms with Crippen molar-refractivity contribution in [3.05, 3.63) is 47.5 Å². The highest BCUT2D eigenvalue weighted by atomic mass is 16.5. The van der Waals surface area contributed by atoms with Crippen LogP contribution in [0.2, 0.25) is 0 Å². The summed E-state index contributed by atoms with van der Waals surface area (Å²) in [6, 6.07) is 9.07. The number of para-hydroxylation sites is 2. The fourth-order valence-corrected chi connectivity index (χ4v) is 2.43. The third kappa shape index (κ3) is 4.19. The second-order valence-electron chi connectivity index (χ2n) is 5.64. The van der Waals surface area contributed by atoms with Gasteiger partial charge in [-0.3, -0.25) is 0 Å². The van der Waals surface area contributed by atoms with Gasteiger partial charge in [0.05, 0.1) is 0 Å². The van der Waals surface area contributed by atoms with E-state index in [0.29, 0.717) is 12.0 Å². The number of unbranched alkanes of at least 4 members (excludes halogenated alkanes) is 3. The molecule has 2 rings (SSSR count). The Balaban J connectivity index is 2.12. The number of esters is 1. The molecule has 0 heterocycles. The Labute approximate surface area is 141 Å². The van der Waals surface area contributed by atoms with Crippen LogP contribution in [0.4, 0.5) is 0 Å². The van der Waals surface area contributed by atoms with E-state index in [1.54, 1.807) is 18.2 Å². The summed E-state index contributed by atoms with van der Waals surface area (Å²) in [4.78, 5) is 12.1. The zero-order valence-electron chi connectivity index (χ0n) is 13.7. The number of aromatic hydroxyl groups is 3. The topological polar surface area (TPSA) is 87.0 Å². The van der Waals surface area contributed by atoms with Gasteiger partial charge in [0.2, 0.25) is 0 Å². The summed E-state index contributed by atoms with van der Waals surface area (Å²) in [6.45, 7) is 2.12. The van der Waals surface area contributed by atoms with Crippen LogP contribution in [0.5, 0.6) is 23.0 Å². The van der Waals surface area contributed by atoms with Gasteiger partial charge in [0, 0.05) is 0 Å². The standard InChI is InChI=1S/C19H22O5/c1-2-3-4-5-8-13-11-12-14(18(22)17(13)21)19(23)24-16-10-7-6-9-15(16)20/h6-7,9-12,20-22H,2-5,8H2,1H3. The molecule has 0 bridgehead atoms. The van der Waals surface area contributed by atoms with Crippen molar-refractivity contribution in [2.45, 2.75) is 39.0 Å². The van der Waals surface area contributed by atoms with Crippen LogP contribution < -0.4 is 4.74 Å². The van der Waals surface area contributed by atoms with Crippen molar-refractivity contribution in [1.29, 1.82) is 0 Å². The van der Waals surface area contributed by atoms with Gasteiger partial charge in [-0.15, -0.1) is 0 Å². The van der Waals surface area contributed by atoms with Crippen molar-refractivity contribution >= 4 is 5.97 Å². The molecule has 5 nitrogen and oxygen atoms in total. The van der Waals surface area contributed by atoms with Crippen molar-refractivity contribution in [2.24, 2.45) is 0 Å². The summed E-state index contributed by atoms with van der Waals surface area (Å²) in [6.07, 6.45) is 4.83. The lowest BCUT2D eigenvalue weighted by molar-refractivity contribution is 0.0726. The third-order valence-corrected chi connectivity index (χ3v) is 3.82. The average molecular weight is 330 g/mol. The maximum Gasteiger partial charge on any atom is 0.347 e. The van der Waals surface area contributed by atoms with E-state index in [2.05, 4.69) is 6.92 Å². The molecule has 0 aliphatic rings. The SMILES string of the molecule is CCCCCCc1ccc(C(=O)Oc2ccccc2O)c(O)c1O. The molecule has 5 heteroatoms. The van der Waals surface area contributed by atoms with Crippen LogP contribution in [0.25, 0.3) is 0 Å². The van der Waals surface area contributed by atoms with Crippen LogP contribution in [-0.2, 0) is 6.42 Å². The van der Waals surface area contributed by atoms with Gasteiger partial charge >= 0.3 is 5.97 Å². The molecule has 128 valence electrons. The minimum atomic E-state index is -0.846. The van der Waals surface area contributed by atoms with Gasteiger partial charge in [0.25, 0.3) is 0 Å². The molecule has 0 aromatic heterocycles. The average Bonchev–Trinajstić information content (AvgIpc) is 2.57. The molecular weight excluding hydrogens is 308 g/mol. The second kappa shape index (κ2) is 8.24. The van der Waals surface area contributed by atoms with Crippen LogP contribution in [0.15, 0.2) is 36.4 Å². The summed E-state index contributed by atoms with van der Waals surface area (Å²) < 4.78 is 5.06. The van der Waals surface area contributed by atoms with E-state index >= 15 is 0 Å². The highest BCUT2D eigenvalue weighted by Gasteiger charge is 2.19. The van der Waals surface area contributed by atoms with Gasteiger partial charge in [-0.2, -0.15) is 0 Å². The van der Waals surface area contributed by atoms with Gasteiger partial charge in [-0.05, 0) is 36.6 Å². The van der Waals surface area contributed by atoms with Crippen molar-refractivity contribution < 1.29 is 24.9 Å². The highest BCUT2D eigenvalue weighted by molar-refractivity contribution is 5.95. The normalized spacial score (nSPS) is 10.5. The monoisotopic (exact) mass is 330 g/mol. The predicted octanol–water partition coefficient (Wildman–Crippen LogP) is 4.15. The Morgan fingerprint density at radius 2 is 1.71 bits per heavy atom. The molecule has 24 heavy (non-hydrogen) atoms. The summed E-state index contributed by atoms with van der Waals surface area (Å²) in [5, 5.41) is 29.8. The number of aryl methyl sites for hydroxylation is 1. The largest absolute Gasteiger partial charge is 0.504 e. The molecule has 0 radical (unpaired) electrons. The number of phenolic OH excluding ortho intramolecular Hbond substituents is 3. The summed E-state index contributed by atoms with van der Waals surface area (Å²) in [7, 11) is 0. The Kier molecular flexibility index (Phi) is 6.07. The summed E-state index contributed by atoms with van der Waals surface area (Å²) >= 11 is 0. The molecule has 0 saturated carbocycles. The molecule has 2 aromatic carbocycles. The molecule has 2 aromatic rings. The van der Waals surface area contributed by atoms with Gasteiger partial charge in [0.1, 0.15) is 5.56 Å². The maximum atomic E-state index is 12.1. The lowest BCUT2D eigenvalue weighted by atomic mass is 10.0. The molecule has 0 atom stereocenters. The van der Waals surface area contributed by atoms with Gasteiger partial charge in [0.15, 0.2) is 23.0 Å². The fourth-order valence-electron chi connectivity index (χ4n) is 2.43. The molecule has 3 N–H and O–H groups in total. The number of hydrogen-bond acceptors (Lipinski definition) is 5. The number of hydrogen-bond donors (Lipinski definition) is 3. The molecule has 0 amide bonds. The Morgan fingerprint density at radius 3 is 2.42 bits per heavy atom. The van der Waals surface area contributed by atoms with E-state index in [1.165, 1.54) is 18.2 Å². The Hall–Kier alpha value is -2.69. The molecule has 0 saturated heterocycles. The zero-order valence-corrected chi connectivity index (χ0v) is 13.7. The van der Waals surface area contributed by atoms with E-state index in [1.807, 2.05) is 0 Å². The fraction of sp³-hybridized carbons (Fsp3) is 0.316. The van der Waals surface area contributed by atoms with Crippen LogP contribution in [0, 0.1) is 0 Å². The summed E-state index contributed by atoms with van der Waals surface area (Å²) in [5.74, 6) is -1.82. The van der Waals surface area contributed by atoms with Crippen molar-refractivity contribution in [3.8, 4) is 23.0 Å². The van der Waals surface area contributed by atoms with E-state index < -0.39 is 11.7 Å². The number of rotatable bonds is 7. The first kappa shape index (κ1) is 17.7. The second-order valence-corrected chi connectivity index (χ2v) is 5.64. The van der Waals surface area contributed by atoms with Crippen LogP contribution in [0.1, 0.15) is 48.5 Å². The van der Waals surface area contributed by atoms with Crippen molar-refractivity contribution in [2.75, 3.05) is 0 Å². The Bertz CT molecular complexity index is 709. The van der Waals surface area contributed by atoms with Crippen molar-refractivity contribution in [1.82, 2.24) is 0 Å². The van der Waals surface area contributed by atoms with E-state index in [-0.39, 0.29) is 22.8 Å². The van der Waals surface area contributed by atoms with Crippen LogP contribution in [-0.4, -0.2) is 21.3 Å². The van der Waals surface area contributed by atoms with Crippen LogP contribution in [0.3, 0.4) is 0 Å². The first-order valence-corrected chi connectivity index (χ1v) is 8.08. The quantitative estimate of drug-likeness (QED) is 0.307. The molecule has 0 aliphatic carbocycles. The number of ether oxygens (including phenoxy) is 1. The molecule has 0 aliphatic heterocycles. The molecule has 0 fully saturated rings. The van der Waals surface area contributed by atoms with E-state index in [0.717, 1.165) is 25.7 Å². The van der Waals surface area contributed by atoms with Crippen LogP contribution >= 0.6 is 0 Å². The number of carbonyl (C=O) groups is 1. The minimum absolute atomic E-state index is 0.00923. The van der Waals surface area contributed by atoms with E-state index in [4.69, 9.17) is 4.74 Å². The van der Waals surface area contributed by atoms with Crippen molar-refractivity contribution in [3.63, 3.8) is 0 Å². The number of benzene rings is 2. The number of carbonyl (C=O) groups excluding carboxylic acids is 1. The van der Waals surface area contributed by atoms with Gasteiger partial charge in [-0.1, -0.05) is 44.4 Å². The first-order valence-electron chi connectivity index (χ1n) is 8.08. The molecule has 0 unspecified atom stereocenters. The smallest absolute Gasteiger partial charge is 0.347 e. The lowest BCUT2D eigenvalue weighted by Crippen LogP contribution is -2.09. The lowest BCUT2D eigenvalue weighted by Gasteiger charge is -2.11. The highest BCUT2D eigenvalue weighted by Crippen LogP contribution is 2.35. The van der Waals surface area contributed by atoms with Gasteiger partial charge < -0.3 is 20.1 Å². The molecular formula is C19H22O5. The molecule has 0 spiro atoms. The minimum Gasteiger partial charge on any atom is -0.504 e. The number of phenols is 3.